The lowest BCUT2D eigenvalue weighted by atomic mass is 9.89. The second kappa shape index (κ2) is 8.45. The first-order chi connectivity index (χ1) is 14.0. The zero-order chi connectivity index (χ0) is 22.2. The third-order valence-corrected chi connectivity index (χ3v) is 9.59. The van der Waals surface area contributed by atoms with Crippen molar-refractivity contribution in [1.82, 2.24) is 4.31 Å². The first-order valence-electron chi connectivity index (χ1n) is 10.1. The molecule has 0 aromatic heterocycles. The van der Waals surface area contributed by atoms with Gasteiger partial charge in [-0.05, 0) is 37.3 Å². The Kier molecular flexibility index (Phi) is 6.48. The van der Waals surface area contributed by atoms with E-state index in [1.807, 2.05) is 19.2 Å². The van der Waals surface area contributed by atoms with Gasteiger partial charge in [-0.25, -0.2) is 26.3 Å². The molecule has 2 aliphatic rings. The lowest BCUT2D eigenvalue weighted by Crippen LogP contribution is -2.41. The first kappa shape index (κ1) is 23.0. The summed E-state index contributed by atoms with van der Waals surface area (Å²) >= 11 is 0. The number of nitrogens with zero attached hydrogens (tertiary/aromatic N) is 2. The monoisotopic (exact) mass is 453 g/mol. The van der Waals surface area contributed by atoms with Crippen LogP contribution in [-0.2, 0) is 24.8 Å². The van der Waals surface area contributed by atoms with E-state index in [9.17, 15) is 16.8 Å². The molecule has 1 atom stereocenters. The van der Waals surface area contributed by atoms with E-state index in [1.165, 1.54) is 58.0 Å². The van der Waals surface area contributed by atoms with Crippen LogP contribution in [-0.4, -0.2) is 48.8 Å². The van der Waals surface area contributed by atoms with Crippen molar-refractivity contribution in [3.05, 3.63) is 53.0 Å². The molecule has 2 N–H and O–H groups in total. The van der Waals surface area contributed by atoms with Crippen LogP contribution in [0.3, 0.4) is 0 Å². The second-order valence-electron chi connectivity index (χ2n) is 8.41. The number of nitrogens with two attached hydrogens (primary N) is 1. The molecular weight excluding hydrogens is 422 g/mol. The van der Waals surface area contributed by atoms with Crippen LogP contribution in [0, 0.1) is 5.92 Å². The Morgan fingerprint density at radius 1 is 1.07 bits per heavy atom. The summed E-state index contributed by atoms with van der Waals surface area (Å²) in [6, 6.07) is 7.35. The molecule has 2 aliphatic carbocycles. The second-order valence-corrected chi connectivity index (χ2v) is 12.4. The molecule has 3 rings (SSSR count). The van der Waals surface area contributed by atoms with Gasteiger partial charge in [-0.15, -0.1) is 0 Å². The number of rotatable bonds is 7. The molecule has 0 amide bonds. The number of para-hydroxylation sites is 1. The van der Waals surface area contributed by atoms with Gasteiger partial charge >= 0.3 is 0 Å². The number of sulfonamides is 2. The predicted molar refractivity (Wildman–Crippen MR) is 121 cm³/mol. The van der Waals surface area contributed by atoms with E-state index >= 15 is 0 Å². The third-order valence-electron chi connectivity index (χ3n) is 6.19. The summed E-state index contributed by atoms with van der Waals surface area (Å²) in [6.07, 6.45) is 9.03. The average Bonchev–Trinajstić information content (AvgIpc) is 3.20. The van der Waals surface area contributed by atoms with Crippen LogP contribution in [0.15, 0.2) is 47.4 Å². The summed E-state index contributed by atoms with van der Waals surface area (Å²) in [7, 11) is -2.88. The van der Waals surface area contributed by atoms with Crippen LogP contribution in [0.4, 0.5) is 5.69 Å². The highest BCUT2D eigenvalue weighted by atomic mass is 32.2. The van der Waals surface area contributed by atoms with Crippen molar-refractivity contribution < 1.29 is 16.8 Å². The smallest absolute Gasteiger partial charge is 0.242 e. The van der Waals surface area contributed by atoms with Gasteiger partial charge in [0.15, 0.2) is 0 Å². The van der Waals surface area contributed by atoms with E-state index < -0.39 is 24.8 Å². The van der Waals surface area contributed by atoms with Crippen LogP contribution >= 0.6 is 0 Å². The Morgan fingerprint density at radius 2 is 1.70 bits per heavy atom. The van der Waals surface area contributed by atoms with E-state index in [2.05, 4.69) is 4.90 Å². The maximum atomic E-state index is 12.8. The molecule has 0 saturated heterocycles. The minimum absolute atomic E-state index is 0.0426. The van der Waals surface area contributed by atoms with Gasteiger partial charge in [-0.2, -0.15) is 0 Å². The molecule has 1 saturated carbocycles. The quantitative estimate of drug-likeness (QED) is 0.684. The highest BCUT2D eigenvalue weighted by Gasteiger charge is 2.44. The van der Waals surface area contributed by atoms with Gasteiger partial charge in [0, 0.05) is 38.9 Å². The maximum Gasteiger partial charge on any atom is 0.242 e. The molecule has 0 heterocycles. The van der Waals surface area contributed by atoms with Gasteiger partial charge in [0.25, 0.3) is 0 Å². The lowest BCUT2D eigenvalue weighted by molar-refractivity contribution is 0.526. The molecule has 0 spiro atoms. The Bertz CT molecular complexity index is 1060. The van der Waals surface area contributed by atoms with Crippen molar-refractivity contribution in [3.63, 3.8) is 0 Å². The number of hydrogen-bond acceptors (Lipinski definition) is 5. The number of allylic oxidation sites excluding steroid dienone is 2. The van der Waals surface area contributed by atoms with Gasteiger partial charge in [-0.1, -0.05) is 43.2 Å². The fourth-order valence-electron chi connectivity index (χ4n) is 4.41. The van der Waals surface area contributed by atoms with E-state index in [1.54, 1.807) is 12.1 Å². The van der Waals surface area contributed by atoms with Crippen LogP contribution in [0.1, 0.15) is 37.7 Å². The van der Waals surface area contributed by atoms with E-state index in [-0.39, 0.29) is 11.3 Å². The van der Waals surface area contributed by atoms with Crippen molar-refractivity contribution in [1.29, 1.82) is 0 Å². The Morgan fingerprint density at radius 3 is 2.23 bits per heavy atom. The largest absolute Gasteiger partial charge is 0.374 e. The van der Waals surface area contributed by atoms with Gasteiger partial charge in [0.2, 0.25) is 20.0 Å². The van der Waals surface area contributed by atoms with Gasteiger partial charge in [0.1, 0.15) is 4.75 Å². The fraction of sp³-hybridized carbons (Fsp3) is 0.524. The molecule has 0 radical (unpaired) electrons. The first-order valence-corrected chi connectivity index (χ1v) is 13.1. The van der Waals surface area contributed by atoms with Crippen LogP contribution in [0.25, 0.3) is 0 Å². The normalized spacial score (nSPS) is 23.0. The van der Waals surface area contributed by atoms with Crippen molar-refractivity contribution in [3.8, 4) is 0 Å². The van der Waals surface area contributed by atoms with Crippen molar-refractivity contribution in [2.45, 2.75) is 36.9 Å². The Labute approximate surface area is 180 Å². The van der Waals surface area contributed by atoms with Gasteiger partial charge in [-0.3, -0.25) is 0 Å². The zero-order valence-corrected chi connectivity index (χ0v) is 19.4. The summed E-state index contributed by atoms with van der Waals surface area (Å²) in [6.45, 7) is 0.845. The molecule has 1 fully saturated rings. The van der Waals surface area contributed by atoms with E-state index in [4.69, 9.17) is 5.14 Å². The average molecular weight is 454 g/mol. The van der Waals surface area contributed by atoms with Crippen molar-refractivity contribution in [2.24, 2.45) is 11.1 Å². The van der Waals surface area contributed by atoms with Crippen LogP contribution in [0.5, 0.6) is 0 Å². The summed E-state index contributed by atoms with van der Waals surface area (Å²) in [5.41, 5.74) is 1.37. The lowest BCUT2D eigenvalue weighted by Gasteiger charge is -2.35. The number of anilines is 1. The maximum absolute atomic E-state index is 12.8. The molecule has 0 aliphatic heterocycles. The number of hydrogen-bond donors (Lipinski definition) is 1. The highest BCUT2D eigenvalue weighted by Crippen LogP contribution is 2.43. The molecule has 1 aromatic rings. The summed E-state index contributed by atoms with van der Waals surface area (Å²) < 4.78 is 50.2. The Balaban J connectivity index is 2.03. The van der Waals surface area contributed by atoms with Crippen LogP contribution in [0.2, 0.25) is 0 Å². The number of primary sulfonamides is 1. The topological polar surface area (TPSA) is 101 Å². The summed E-state index contributed by atoms with van der Waals surface area (Å²) in [5.74, 6) is 0.590. The van der Waals surface area contributed by atoms with Crippen molar-refractivity contribution >= 4 is 25.7 Å². The molecule has 0 bridgehead atoms. The van der Waals surface area contributed by atoms with E-state index in [0.29, 0.717) is 11.5 Å². The van der Waals surface area contributed by atoms with Crippen molar-refractivity contribution in [2.75, 3.05) is 32.6 Å². The van der Waals surface area contributed by atoms with E-state index in [0.717, 1.165) is 16.5 Å². The molecule has 166 valence electrons. The highest BCUT2D eigenvalue weighted by molar-refractivity contribution is 7.93. The standard InChI is InChI=1S/C21H31N3O4S2/c1-23(2)29(25,26)18-12-14-21(15-13-18,30(22,27)28)19-10-6-7-11-20(19)24(3)16-17-8-4-5-9-17/h6-7,10-14,17H,4-5,8-9,15-16H2,1-3H3,(H2,22,27,28). The molecular formula is C21H31N3O4S2. The molecule has 1 aromatic carbocycles. The molecule has 30 heavy (non-hydrogen) atoms. The SMILES string of the molecule is CN(CC1CCCC1)c1ccccc1C1(S(N)(=O)=O)C=CC(S(=O)(=O)N(C)C)=CC1. The summed E-state index contributed by atoms with van der Waals surface area (Å²) in [5, 5.41) is 5.74. The predicted octanol–water partition coefficient (Wildman–Crippen LogP) is 2.53. The van der Waals surface area contributed by atoms with Gasteiger partial charge in [0.05, 0.1) is 4.91 Å². The van der Waals surface area contributed by atoms with Gasteiger partial charge < -0.3 is 4.90 Å². The third kappa shape index (κ3) is 4.21. The minimum atomic E-state index is -4.08. The molecule has 7 nitrogen and oxygen atoms in total. The van der Waals surface area contributed by atoms with Crippen LogP contribution < -0.4 is 10.0 Å². The molecule has 9 heteroatoms. The number of benzene rings is 1. The fourth-order valence-corrected chi connectivity index (χ4v) is 6.42. The Hall–Kier alpha value is -1.68. The zero-order valence-electron chi connectivity index (χ0n) is 17.8. The molecule has 1 unspecified atom stereocenters. The summed E-state index contributed by atoms with van der Waals surface area (Å²) in [4.78, 5) is 2.17. The minimum Gasteiger partial charge on any atom is -0.374 e.